The van der Waals surface area contributed by atoms with Gasteiger partial charge in [0.25, 0.3) is 0 Å². The van der Waals surface area contributed by atoms with E-state index in [0.29, 0.717) is 13.1 Å². The third-order valence-electron chi connectivity index (χ3n) is 5.67. The first-order chi connectivity index (χ1) is 14.2. The highest BCUT2D eigenvalue weighted by Crippen LogP contribution is 2.24. The van der Waals surface area contributed by atoms with Crippen molar-refractivity contribution < 1.29 is 14.3 Å². The van der Waals surface area contributed by atoms with Gasteiger partial charge in [0.15, 0.2) is 0 Å². The summed E-state index contributed by atoms with van der Waals surface area (Å²) < 4.78 is 11.2. The highest BCUT2D eigenvalue weighted by molar-refractivity contribution is 5.82. The lowest BCUT2D eigenvalue weighted by molar-refractivity contribution is -0.135. The summed E-state index contributed by atoms with van der Waals surface area (Å²) in [5, 5.41) is 0. The van der Waals surface area contributed by atoms with Gasteiger partial charge in [0.1, 0.15) is 11.8 Å². The summed E-state index contributed by atoms with van der Waals surface area (Å²) in [6, 6.07) is 18.0. The molecule has 0 radical (unpaired) electrons. The number of hydrogen-bond acceptors (Lipinski definition) is 5. The minimum Gasteiger partial charge on any atom is -0.497 e. The number of carbonyl (C=O) groups is 1. The van der Waals surface area contributed by atoms with Crippen LogP contribution in [0, 0.1) is 0 Å². The summed E-state index contributed by atoms with van der Waals surface area (Å²) in [6.07, 6.45) is 2.91. The zero-order chi connectivity index (χ0) is 20.1. The van der Waals surface area contributed by atoms with Gasteiger partial charge in [-0.1, -0.05) is 42.5 Å². The summed E-state index contributed by atoms with van der Waals surface area (Å²) in [7, 11) is 1.66. The van der Waals surface area contributed by atoms with Gasteiger partial charge in [0.2, 0.25) is 5.91 Å². The second-order valence-corrected chi connectivity index (χ2v) is 7.75. The van der Waals surface area contributed by atoms with Crippen LogP contribution < -0.4 is 15.6 Å². The second kappa shape index (κ2) is 9.39. The van der Waals surface area contributed by atoms with Crippen LogP contribution >= 0.6 is 0 Å². The van der Waals surface area contributed by atoms with E-state index in [0.717, 1.165) is 37.2 Å². The Hall–Kier alpha value is -2.41. The maximum absolute atomic E-state index is 13.4. The normalized spacial score (nSPS) is 23.8. The third kappa shape index (κ3) is 4.96. The molecule has 154 valence electrons. The van der Waals surface area contributed by atoms with Gasteiger partial charge in [-0.2, -0.15) is 0 Å². The molecule has 3 atom stereocenters. The summed E-state index contributed by atoms with van der Waals surface area (Å²) in [5.41, 5.74) is 8.74. The lowest BCUT2D eigenvalue weighted by Crippen LogP contribution is -2.47. The molecule has 2 saturated heterocycles. The molecular weight excluding hydrogens is 366 g/mol. The number of amides is 1. The maximum atomic E-state index is 13.4. The van der Waals surface area contributed by atoms with E-state index >= 15 is 0 Å². The van der Waals surface area contributed by atoms with E-state index in [2.05, 4.69) is 23.0 Å². The number of nitrogens with zero attached hydrogens (tertiary/aromatic N) is 1. The second-order valence-electron chi connectivity index (χ2n) is 7.75. The van der Waals surface area contributed by atoms with Crippen LogP contribution in [0.4, 0.5) is 0 Å². The number of hydrazine groups is 1. The van der Waals surface area contributed by atoms with Crippen LogP contribution in [0.25, 0.3) is 0 Å². The van der Waals surface area contributed by atoms with Crippen molar-refractivity contribution in [1.82, 2.24) is 15.8 Å². The van der Waals surface area contributed by atoms with Gasteiger partial charge in [-0.15, -0.1) is 0 Å². The van der Waals surface area contributed by atoms with Gasteiger partial charge < -0.3 is 14.4 Å². The van der Waals surface area contributed by atoms with E-state index in [1.165, 1.54) is 5.56 Å². The highest BCUT2D eigenvalue weighted by Gasteiger charge is 2.34. The molecule has 2 aromatic carbocycles. The van der Waals surface area contributed by atoms with Crippen molar-refractivity contribution in [2.75, 3.05) is 20.3 Å². The van der Waals surface area contributed by atoms with E-state index in [-0.39, 0.29) is 24.1 Å². The SMILES string of the molecule is COc1cccc(CN(CC2CCCO2)C(=O)C2CC(c3ccccc3)NN2)c1. The average molecular weight is 396 g/mol. The number of carbonyl (C=O) groups excluding carboxylic acids is 1. The van der Waals surface area contributed by atoms with Crippen molar-refractivity contribution in [3.05, 3.63) is 65.7 Å². The zero-order valence-corrected chi connectivity index (χ0v) is 16.8. The largest absolute Gasteiger partial charge is 0.497 e. The zero-order valence-electron chi connectivity index (χ0n) is 16.8. The van der Waals surface area contributed by atoms with E-state index in [1.54, 1.807) is 7.11 Å². The molecule has 2 fully saturated rings. The standard InChI is InChI=1S/C23H29N3O3/c1-28-19-10-5-7-17(13-19)15-26(16-20-11-6-12-29-20)23(27)22-14-21(24-25-22)18-8-3-2-4-9-18/h2-5,7-10,13,20-22,24-25H,6,11-12,14-16H2,1H3. The number of nitrogens with one attached hydrogen (secondary N) is 2. The highest BCUT2D eigenvalue weighted by atomic mass is 16.5. The molecule has 6 heteroatoms. The van der Waals surface area contributed by atoms with Gasteiger partial charge in [-0.05, 0) is 42.5 Å². The Morgan fingerprint density at radius 1 is 1.17 bits per heavy atom. The topological polar surface area (TPSA) is 62.8 Å². The van der Waals surface area contributed by atoms with Crippen LogP contribution in [0.3, 0.4) is 0 Å². The summed E-state index contributed by atoms with van der Waals surface area (Å²) in [4.78, 5) is 15.3. The summed E-state index contributed by atoms with van der Waals surface area (Å²) in [5.74, 6) is 0.908. The van der Waals surface area contributed by atoms with E-state index < -0.39 is 0 Å². The minimum absolute atomic E-state index is 0.106. The molecule has 2 N–H and O–H groups in total. The molecule has 3 unspecified atom stereocenters. The first kappa shape index (κ1) is 19.9. The first-order valence-electron chi connectivity index (χ1n) is 10.3. The number of methoxy groups -OCH3 is 1. The third-order valence-corrected chi connectivity index (χ3v) is 5.67. The van der Waals surface area contributed by atoms with Crippen molar-refractivity contribution in [2.24, 2.45) is 0 Å². The van der Waals surface area contributed by atoms with Gasteiger partial charge in [-0.3, -0.25) is 4.79 Å². The molecule has 4 rings (SSSR count). The Morgan fingerprint density at radius 3 is 2.79 bits per heavy atom. The Labute approximate surface area is 172 Å². The van der Waals surface area contributed by atoms with Crippen molar-refractivity contribution in [2.45, 2.75) is 44.0 Å². The van der Waals surface area contributed by atoms with Crippen LogP contribution in [0.2, 0.25) is 0 Å². The molecule has 1 amide bonds. The molecule has 0 saturated carbocycles. The molecule has 2 aliphatic heterocycles. The Kier molecular flexibility index (Phi) is 6.44. The van der Waals surface area contributed by atoms with Crippen LogP contribution in [0.1, 0.15) is 36.4 Å². The van der Waals surface area contributed by atoms with Gasteiger partial charge in [0, 0.05) is 25.7 Å². The lowest BCUT2D eigenvalue weighted by atomic mass is 10.0. The predicted octanol–water partition coefficient (Wildman–Crippen LogP) is 2.81. The van der Waals surface area contributed by atoms with Crippen LogP contribution in [0.15, 0.2) is 54.6 Å². The first-order valence-corrected chi connectivity index (χ1v) is 10.3. The van der Waals surface area contributed by atoms with Crippen LogP contribution in [0.5, 0.6) is 5.75 Å². The molecule has 2 heterocycles. The van der Waals surface area contributed by atoms with Crippen LogP contribution in [-0.2, 0) is 16.1 Å². The van der Waals surface area contributed by atoms with E-state index in [4.69, 9.17) is 9.47 Å². The monoisotopic (exact) mass is 395 g/mol. The molecule has 2 aromatic rings. The molecule has 0 aromatic heterocycles. The quantitative estimate of drug-likeness (QED) is 0.755. The molecule has 0 aliphatic carbocycles. The fourth-order valence-electron chi connectivity index (χ4n) is 4.10. The Morgan fingerprint density at radius 2 is 2.03 bits per heavy atom. The molecule has 0 bridgehead atoms. The number of hydrogen-bond donors (Lipinski definition) is 2. The van der Waals surface area contributed by atoms with E-state index in [9.17, 15) is 4.79 Å². The van der Waals surface area contributed by atoms with Crippen molar-refractivity contribution in [3.63, 3.8) is 0 Å². The van der Waals surface area contributed by atoms with Crippen molar-refractivity contribution in [3.8, 4) is 5.75 Å². The minimum atomic E-state index is -0.257. The van der Waals surface area contributed by atoms with Gasteiger partial charge >= 0.3 is 0 Å². The Bertz CT molecular complexity index is 808. The van der Waals surface area contributed by atoms with Crippen molar-refractivity contribution in [1.29, 1.82) is 0 Å². The molecule has 6 nitrogen and oxygen atoms in total. The average Bonchev–Trinajstić information content (AvgIpc) is 3.46. The number of ether oxygens (including phenoxy) is 2. The summed E-state index contributed by atoms with van der Waals surface area (Å²) >= 11 is 0. The summed E-state index contributed by atoms with van der Waals surface area (Å²) in [6.45, 7) is 1.94. The molecule has 0 spiro atoms. The predicted molar refractivity (Wildman–Crippen MR) is 111 cm³/mol. The molecular formula is C23H29N3O3. The maximum Gasteiger partial charge on any atom is 0.241 e. The fourth-order valence-corrected chi connectivity index (χ4v) is 4.10. The van der Waals surface area contributed by atoms with Gasteiger partial charge in [-0.25, -0.2) is 10.9 Å². The smallest absolute Gasteiger partial charge is 0.241 e. The Balaban J connectivity index is 1.46. The van der Waals surface area contributed by atoms with Crippen LogP contribution in [-0.4, -0.2) is 43.2 Å². The van der Waals surface area contributed by atoms with Crippen molar-refractivity contribution >= 4 is 5.91 Å². The fraction of sp³-hybridized carbons (Fsp3) is 0.435. The van der Waals surface area contributed by atoms with E-state index in [1.807, 2.05) is 47.4 Å². The number of rotatable bonds is 7. The molecule has 29 heavy (non-hydrogen) atoms. The number of benzene rings is 2. The molecule has 2 aliphatic rings. The lowest BCUT2D eigenvalue weighted by Gasteiger charge is -2.28. The van der Waals surface area contributed by atoms with Gasteiger partial charge in [0.05, 0.1) is 13.2 Å².